The first-order valence-corrected chi connectivity index (χ1v) is 11.4. The van der Waals surface area contributed by atoms with Crippen molar-refractivity contribution in [3.63, 3.8) is 0 Å². The third-order valence-corrected chi connectivity index (χ3v) is 6.09. The van der Waals surface area contributed by atoms with Gasteiger partial charge in [-0.3, -0.25) is 4.98 Å². The van der Waals surface area contributed by atoms with Crippen LogP contribution in [-0.4, -0.2) is 30.7 Å². The van der Waals surface area contributed by atoms with Crippen LogP contribution in [0.25, 0.3) is 22.6 Å². The summed E-state index contributed by atoms with van der Waals surface area (Å²) in [5.74, 6) is 1.01. The van der Waals surface area contributed by atoms with Crippen LogP contribution < -0.4 is 10.5 Å². The first-order valence-electron chi connectivity index (χ1n) is 11.4. The summed E-state index contributed by atoms with van der Waals surface area (Å²) >= 11 is 0. The fourth-order valence-corrected chi connectivity index (χ4v) is 4.21. The summed E-state index contributed by atoms with van der Waals surface area (Å²) in [5, 5.41) is 0. The lowest BCUT2D eigenvalue weighted by molar-refractivity contribution is -0.140. The molecule has 3 N–H and O–H groups in total. The molecule has 0 aliphatic heterocycles. The van der Waals surface area contributed by atoms with Crippen LogP contribution in [0, 0.1) is 0 Å². The van der Waals surface area contributed by atoms with Crippen molar-refractivity contribution >= 4 is 11.0 Å². The summed E-state index contributed by atoms with van der Waals surface area (Å²) in [6.07, 6.45) is -3.70. The first kappa shape index (κ1) is 25.5. The smallest absolute Gasteiger partial charge is 0.432 e. The fourth-order valence-electron chi connectivity index (χ4n) is 4.21. The molecular formula is C25H20F6N6O. The van der Waals surface area contributed by atoms with Crippen molar-refractivity contribution in [2.24, 2.45) is 5.73 Å². The van der Waals surface area contributed by atoms with Crippen LogP contribution >= 0.6 is 0 Å². The van der Waals surface area contributed by atoms with Gasteiger partial charge in [-0.1, -0.05) is 18.2 Å². The Morgan fingerprint density at radius 2 is 1.82 bits per heavy atom. The molecule has 198 valence electrons. The van der Waals surface area contributed by atoms with E-state index in [1.54, 1.807) is 18.2 Å². The van der Waals surface area contributed by atoms with Crippen molar-refractivity contribution in [1.82, 2.24) is 24.5 Å². The van der Waals surface area contributed by atoms with Gasteiger partial charge < -0.3 is 20.0 Å². The highest BCUT2D eigenvalue weighted by atomic mass is 19.4. The summed E-state index contributed by atoms with van der Waals surface area (Å²) < 4.78 is 85.6. The Kier molecular flexibility index (Phi) is 6.05. The van der Waals surface area contributed by atoms with E-state index in [2.05, 4.69) is 19.9 Å². The normalized spacial score (nSPS) is 18.2. The van der Waals surface area contributed by atoms with Crippen molar-refractivity contribution in [3.8, 4) is 23.0 Å². The molecule has 0 bridgehead atoms. The van der Waals surface area contributed by atoms with Gasteiger partial charge >= 0.3 is 12.4 Å². The van der Waals surface area contributed by atoms with Crippen LogP contribution in [0.2, 0.25) is 0 Å². The Morgan fingerprint density at radius 3 is 2.45 bits per heavy atom. The average molecular weight is 534 g/mol. The molecule has 13 heteroatoms. The molecule has 0 radical (unpaired) electrons. The number of halogens is 6. The zero-order valence-electron chi connectivity index (χ0n) is 19.7. The Bertz CT molecular complexity index is 1560. The zero-order chi connectivity index (χ0) is 27.3. The van der Waals surface area contributed by atoms with Crippen molar-refractivity contribution < 1.29 is 31.1 Å². The van der Waals surface area contributed by atoms with E-state index in [0.29, 0.717) is 41.1 Å². The molecule has 7 nitrogen and oxygen atoms in total. The Morgan fingerprint density at radius 1 is 1.05 bits per heavy atom. The van der Waals surface area contributed by atoms with E-state index < -0.39 is 29.2 Å². The monoisotopic (exact) mass is 534 g/mol. The molecule has 1 unspecified atom stereocenters. The second-order valence-electron chi connectivity index (χ2n) is 8.69. The number of fused-ring (bicyclic) bond motifs is 1. The number of aromatic amines is 1. The predicted molar refractivity (Wildman–Crippen MR) is 126 cm³/mol. The van der Waals surface area contributed by atoms with Crippen molar-refractivity contribution in [2.75, 3.05) is 0 Å². The van der Waals surface area contributed by atoms with Gasteiger partial charge in [0.25, 0.3) is 0 Å². The number of nitrogens with one attached hydrogen (secondary N) is 1. The molecule has 0 saturated carbocycles. The molecule has 5 rings (SSSR count). The highest BCUT2D eigenvalue weighted by Gasteiger charge is 2.38. The molecule has 1 aliphatic carbocycles. The van der Waals surface area contributed by atoms with Crippen molar-refractivity contribution in [1.29, 1.82) is 0 Å². The van der Waals surface area contributed by atoms with E-state index in [1.807, 2.05) is 11.5 Å². The second-order valence-corrected chi connectivity index (χ2v) is 8.69. The van der Waals surface area contributed by atoms with E-state index in [4.69, 9.17) is 10.5 Å². The Hall–Kier alpha value is -4.13. The maximum Gasteiger partial charge on any atom is 0.432 e. The van der Waals surface area contributed by atoms with Gasteiger partial charge in [-0.2, -0.15) is 26.3 Å². The molecular weight excluding hydrogens is 514 g/mol. The minimum Gasteiger partial charge on any atom is -0.457 e. The number of imidazole rings is 2. The topological polar surface area (TPSA) is 94.6 Å². The van der Waals surface area contributed by atoms with Gasteiger partial charge in [0.1, 0.15) is 28.7 Å². The number of nitrogens with two attached hydrogens (primary N) is 1. The molecule has 3 aromatic heterocycles. The third-order valence-electron chi connectivity index (χ3n) is 6.09. The Balaban J connectivity index is 1.43. The van der Waals surface area contributed by atoms with Crippen LogP contribution in [0.1, 0.15) is 24.9 Å². The summed E-state index contributed by atoms with van der Waals surface area (Å²) in [5.41, 5.74) is 4.88. The highest BCUT2D eigenvalue weighted by Crippen LogP contribution is 2.37. The number of H-pyrrole nitrogens is 1. The fraction of sp³-hybridized carbons (Fsp3) is 0.240. The standard InChI is InChI=1S/C25H20F6N6O/c1-2-37-19-4-3-15(11-17(19)35-22(37)23(32)8-5-14(6-9-23)24(26,27)28)38-16-7-10-33-18(12-16)21-34-13-20(36-21)25(29,30)31/h3-8,10-13H,2,9,32H2,1H3,(H,34,36). The van der Waals surface area contributed by atoms with E-state index in [1.165, 1.54) is 24.4 Å². The number of allylic oxidation sites excluding steroid dienone is 2. The van der Waals surface area contributed by atoms with Gasteiger partial charge in [0, 0.05) is 24.9 Å². The maximum atomic E-state index is 13.1. The van der Waals surface area contributed by atoms with Gasteiger partial charge in [0.05, 0.1) is 28.3 Å². The number of nitrogens with zero attached hydrogens (tertiary/aromatic N) is 4. The van der Waals surface area contributed by atoms with E-state index in [9.17, 15) is 26.3 Å². The number of aromatic nitrogens is 5. The maximum absolute atomic E-state index is 13.1. The van der Waals surface area contributed by atoms with Crippen LogP contribution in [0.5, 0.6) is 11.5 Å². The molecule has 1 atom stereocenters. The van der Waals surface area contributed by atoms with E-state index in [0.717, 1.165) is 12.2 Å². The van der Waals surface area contributed by atoms with Gasteiger partial charge in [-0.15, -0.1) is 0 Å². The number of benzene rings is 1. The van der Waals surface area contributed by atoms with Crippen LogP contribution in [0.15, 0.2) is 66.5 Å². The molecule has 1 aliphatic rings. The summed E-state index contributed by atoms with van der Waals surface area (Å²) in [6, 6.07) is 8.04. The lowest BCUT2D eigenvalue weighted by atomic mass is 9.88. The van der Waals surface area contributed by atoms with Crippen LogP contribution in [0.3, 0.4) is 0 Å². The molecule has 1 aromatic carbocycles. The van der Waals surface area contributed by atoms with Gasteiger partial charge in [0.2, 0.25) is 0 Å². The highest BCUT2D eigenvalue weighted by molar-refractivity contribution is 5.78. The van der Waals surface area contributed by atoms with E-state index in [-0.39, 0.29) is 17.9 Å². The molecule has 0 amide bonds. The summed E-state index contributed by atoms with van der Waals surface area (Å²) in [4.78, 5) is 14.6. The lowest BCUT2D eigenvalue weighted by Gasteiger charge is -2.28. The quantitative estimate of drug-likeness (QED) is 0.295. The van der Waals surface area contributed by atoms with Crippen LogP contribution in [-0.2, 0) is 18.3 Å². The zero-order valence-corrected chi connectivity index (χ0v) is 19.7. The van der Waals surface area contributed by atoms with Gasteiger partial charge in [-0.25, -0.2) is 9.97 Å². The number of ether oxygens (including phenoxy) is 1. The number of aryl methyl sites for hydroxylation is 1. The number of pyridine rings is 1. The number of hydrogen-bond acceptors (Lipinski definition) is 5. The minimum atomic E-state index is -4.57. The van der Waals surface area contributed by atoms with Gasteiger partial charge in [0.15, 0.2) is 5.82 Å². The summed E-state index contributed by atoms with van der Waals surface area (Å²) in [6.45, 7) is 2.35. The summed E-state index contributed by atoms with van der Waals surface area (Å²) in [7, 11) is 0. The Labute approximate surface area is 211 Å². The second kappa shape index (κ2) is 9.01. The third kappa shape index (κ3) is 4.76. The largest absolute Gasteiger partial charge is 0.457 e. The molecule has 38 heavy (non-hydrogen) atoms. The van der Waals surface area contributed by atoms with E-state index >= 15 is 0 Å². The SMILES string of the molecule is CCn1c(C2(N)C=CC(C(F)(F)F)=CC2)nc2cc(Oc3ccnc(-c4ncc(C(F)(F)F)[nH]4)c3)ccc21. The number of rotatable bonds is 5. The lowest BCUT2D eigenvalue weighted by Crippen LogP contribution is -2.39. The molecule has 0 fully saturated rings. The molecule has 0 spiro atoms. The molecule has 4 aromatic rings. The molecule has 3 heterocycles. The molecule has 0 saturated heterocycles. The minimum absolute atomic E-state index is 0.0685. The van der Waals surface area contributed by atoms with Crippen molar-refractivity contribution in [2.45, 2.75) is 37.8 Å². The van der Waals surface area contributed by atoms with Crippen LogP contribution in [0.4, 0.5) is 26.3 Å². The number of hydrogen-bond donors (Lipinski definition) is 2. The predicted octanol–water partition coefficient (Wildman–Crippen LogP) is 6.26. The van der Waals surface area contributed by atoms with Crippen molar-refractivity contribution in [3.05, 3.63) is 78.0 Å². The first-order chi connectivity index (χ1) is 17.9. The average Bonchev–Trinajstić information content (AvgIpc) is 3.49. The van der Waals surface area contributed by atoms with Gasteiger partial charge in [-0.05, 0) is 31.5 Å². The number of alkyl halides is 6.